The fourth-order valence-corrected chi connectivity index (χ4v) is 3.76. The van der Waals surface area contributed by atoms with Crippen LogP contribution in [0.15, 0.2) is 16.5 Å². The van der Waals surface area contributed by atoms with Crippen LogP contribution in [-0.4, -0.2) is 26.4 Å². The molecular formula is C21H38O5S. The molecule has 0 saturated heterocycles. The maximum atomic E-state index is 11.2. The number of hydrogen-bond acceptors (Lipinski definition) is 5. The third-order valence-electron chi connectivity index (χ3n) is 4.60. The zero-order valence-electron chi connectivity index (χ0n) is 17.1. The minimum atomic E-state index is -3.15. The van der Waals surface area contributed by atoms with Gasteiger partial charge < -0.3 is 14.3 Å². The lowest BCUT2D eigenvalue weighted by Crippen LogP contribution is -2.04. The van der Waals surface area contributed by atoms with Crippen LogP contribution in [0.25, 0.3) is 0 Å². The van der Waals surface area contributed by atoms with Crippen LogP contribution < -0.4 is 0 Å². The Hall–Kier alpha value is -0.850. The van der Waals surface area contributed by atoms with Gasteiger partial charge in [-0.25, -0.2) is 8.42 Å². The van der Waals surface area contributed by atoms with E-state index in [1.807, 2.05) is 0 Å². The van der Waals surface area contributed by atoms with Crippen molar-refractivity contribution in [3.63, 3.8) is 0 Å². The van der Waals surface area contributed by atoms with Crippen LogP contribution in [0.4, 0.5) is 0 Å². The summed E-state index contributed by atoms with van der Waals surface area (Å²) in [6.45, 7) is 2.72. The molecule has 0 aliphatic heterocycles. The molecule has 0 saturated carbocycles. The van der Waals surface area contributed by atoms with E-state index in [4.69, 9.17) is 9.15 Å². The second kappa shape index (κ2) is 14.2. The first-order valence-electron chi connectivity index (χ1n) is 10.5. The molecule has 1 aromatic heterocycles. The summed E-state index contributed by atoms with van der Waals surface area (Å²) < 4.78 is 33.2. The number of unbranched alkanes of at least 4 members (excludes halogenated alkanes) is 11. The summed E-state index contributed by atoms with van der Waals surface area (Å²) in [6, 6.07) is 3.13. The Labute approximate surface area is 165 Å². The van der Waals surface area contributed by atoms with Crippen molar-refractivity contribution in [3.05, 3.63) is 23.7 Å². The second-order valence-corrected chi connectivity index (χ2v) is 9.63. The van der Waals surface area contributed by atoms with E-state index < -0.39 is 16.1 Å². The van der Waals surface area contributed by atoms with Crippen molar-refractivity contribution in [2.75, 3.05) is 12.9 Å². The van der Waals surface area contributed by atoms with E-state index >= 15 is 0 Å². The number of sulfone groups is 1. The first-order chi connectivity index (χ1) is 12.9. The third kappa shape index (κ3) is 13.0. The average Bonchev–Trinajstić information content (AvgIpc) is 3.05. The molecule has 1 N–H and O–H groups in total. The van der Waals surface area contributed by atoms with Gasteiger partial charge in [0.1, 0.15) is 11.5 Å². The molecule has 6 heteroatoms. The van der Waals surface area contributed by atoms with E-state index in [-0.39, 0.29) is 11.5 Å². The average molecular weight is 403 g/mol. The van der Waals surface area contributed by atoms with Crippen molar-refractivity contribution >= 4 is 9.84 Å². The Morgan fingerprint density at radius 3 is 1.96 bits per heavy atom. The fourth-order valence-electron chi connectivity index (χ4n) is 3.08. The quantitative estimate of drug-likeness (QED) is 0.274. The highest BCUT2D eigenvalue weighted by Crippen LogP contribution is 2.20. The molecule has 0 amide bonds. The van der Waals surface area contributed by atoms with E-state index in [9.17, 15) is 13.5 Å². The zero-order chi connectivity index (χ0) is 20.0. The number of ether oxygens (including phenoxy) is 1. The molecular weight excluding hydrogens is 364 g/mol. The smallest absolute Gasteiger partial charge is 0.214 e. The lowest BCUT2D eigenvalue weighted by molar-refractivity contribution is -0.116. The van der Waals surface area contributed by atoms with Crippen LogP contribution in [0.2, 0.25) is 0 Å². The predicted octanol–water partition coefficient (Wildman–Crippen LogP) is 5.53. The zero-order valence-corrected chi connectivity index (χ0v) is 17.9. The standard InChI is InChI=1S/C21H38O5S/c1-3-4-5-6-7-8-9-10-11-12-13-14-17-25-21(22)20-16-15-19(26-20)18-27(2,23)24/h15-16,21-22H,3-14,17-18H2,1-2H3. The predicted molar refractivity (Wildman–Crippen MR) is 109 cm³/mol. The van der Waals surface area contributed by atoms with Gasteiger partial charge in [-0.1, -0.05) is 77.6 Å². The first-order valence-corrected chi connectivity index (χ1v) is 12.5. The summed E-state index contributed by atoms with van der Waals surface area (Å²) in [6.07, 6.45) is 15.4. The van der Waals surface area contributed by atoms with E-state index in [0.29, 0.717) is 12.4 Å². The maximum Gasteiger partial charge on any atom is 0.214 e. The van der Waals surface area contributed by atoms with Crippen LogP contribution in [-0.2, 0) is 20.3 Å². The fraction of sp³-hybridized carbons (Fsp3) is 0.810. The number of furan rings is 1. The van der Waals surface area contributed by atoms with Crippen LogP contribution in [0, 0.1) is 0 Å². The topological polar surface area (TPSA) is 76.7 Å². The van der Waals surface area contributed by atoms with Crippen molar-refractivity contribution < 1.29 is 22.7 Å². The summed E-state index contributed by atoms with van der Waals surface area (Å²) in [4.78, 5) is 0. The summed E-state index contributed by atoms with van der Waals surface area (Å²) in [5.41, 5.74) is 0. The minimum absolute atomic E-state index is 0.168. The molecule has 1 rings (SSSR count). The van der Waals surface area contributed by atoms with Crippen molar-refractivity contribution in [2.24, 2.45) is 0 Å². The van der Waals surface area contributed by atoms with Crippen molar-refractivity contribution in [1.82, 2.24) is 0 Å². The van der Waals surface area contributed by atoms with Crippen LogP contribution in [0.1, 0.15) is 102 Å². The van der Waals surface area contributed by atoms with Gasteiger partial charge in [-0.05, 0) is 18.6 Å². The molecule has 0 aliphatic carbocycles. The van der Waals surface area contributed by atoms with Crippen molar-refractivity contribution in [1.29, 1.82) is 0 Å². The Bertz CT molecular complexity index is 579. The molecule has 0 aliphatic rings. The molecule has 158 valence electrons. The monoisotopic (exact) mass is 402 g/mol. The number of hydrogen-bond donors (Lipinski definition) is 1. The first kappa shape index (κ1) is 24.2. The summed E-state index contributed by atoms with van der Waals surface area (Å²) in [5.74, 6) is 0.409. The van der Waals surface area contributed by atoms with Crippen molar-refractivity contribution in [2.45, 2.75) is 96.0 Å². The molecule has 0 spiro atoms. The lowest BCUT2D eigenvalue weighted by Gasteiger charge is -2.09. The highest BCUT2D eigenvalue weighted by molar-refractivity contribution is 7.89. The molecule has 0 radical (unpaired) electrons. The molecule has 1 unspecified atom stereocenters. The van der Waals surface area contributed by atoms with E-state index in [0.717, 1.165) is 19.1 Å². The van der Waals surface area contributed by atoms with Crippen LogP contribution >= 0.6 is 0 Å². The highest BCUT2D eigenvalue weighted by atomic mass is 32.2. The van der Waals surface area contributed by atoms with Crippen molar-refractivity contribution in [3.8, 4) is 0 Å². The second-order valence-electron chi connectivity index (χ2n) is 7.49. The summed E-state index contributed by atoms with van der Waals surface area (Å²) >= 11 is 0. The number of aliphatic hydroxyl groups excluding tert-OH is 1. The molecule has 1 atom stereocenters. The summed E-state index contributed by atoms with van der Waals surface area (Å²) in [5, 5.41) is 9.94. The molecule has 1 aromatic rings. The normalized spacial score (nSPS) is 13.1. The maximum absolute atomic E-state index is 11.2. The van der Waals surface area contributed by atoms with Gasteiger partial charge in [-0.2, -0.15) is 0 Å². The Balaban J connectivity index is 1.97. The van der Waals surface area contributed by atoms with Gasteiger partial charge in [0.2, 0.25) is 6.29 Å². The minimum Gasteiger partial charge on any atom is -0.460 e. The Kier molecular flexibility index (Phi) is 12.7. The SMILES string of the molecule is CCCCCCCCCCCCCCOC(O)c1ccc(CS(C)(=O)=O)o1. The van der Waals surface area contributed by atoms with Gasteiger partial charge in [0.15, 0.2) is 15.6 Å². The van der Waals surface area contributed by atoms with E-state index in [1.54, 1.807) is 12.1 Å². The van der Waals surface area contributed by atoms with Gasteiger partial charge in [-0.15, -0.1) is 0 Å². The molecule has 0 aromatic carbocycles. The molecule has 5 nitrogen and oxygen atoms in total. The van der Waals surface area contributed by atoms with E-state index in [2.05, 4.69) is 6.92 Å². The largest absolute Gasteiger partial charge is 0.460 e. The molecule has 0 fully saturated rings. The van der Waals surface area contributed by atoms with Crippen LogP contribution in [0.3, 0.4) is 0 Å². The van der Waals surface area contributed by atoms with Gasteiger partial charge in [-0.3, -0.25) is 0 Å². The Morgan fingerprint density at radius 1 is 0.926 bits per heavy atom. The summed E-state index contributed by atoms with van der Waals surface area (Å²) in [7, 11) is -3.15. The Morgan fingerprint density at radius 2 is 1.44 bits per heavy atom. The van der Waals surface area contributed by atoms with Gasteiger partial charge in [0, 0.05) is 6.26 Å². The van der Waals surface area contributed by atoms with Gasteiger partial charge in [0.25, 0.3) is 0 Å². The lowest BCUT2D eigenvalue weighted by atomic mass is 10.1. The molecule has 1 heterocycles. The van der Waals surface area contributed by atoms with Gasteiger partial charge in [0.05, 0.1) is 6.61 Å². The highest BCUT2D eigenvalue weighted by Gasteiger charge is 2.15. The number of aliphatic hydroxyl groups is 1. The van der Waals surface area contributed by atoms with Crippen LogP contribution in [0.5, 0.6) is 0 Å². The van der Waals surface area contributed by atoms with Gasteiger partial charge >= 0.3 is 0 Å². The number of rotatable bonds is 17. The third-order valence-corrected chi connectivity index (χ3v) is 5.41. The van der Waals surface area contributed by atoms with E-state index in [1.165, 1.54) is 64.2 Å². The molecule has 27 heavy (non-hydrogen) atoms. The molecule has 0 bridgehead atoms.